The predicted octanol–water partition coefficient (Wildman–Crippen LogP) is 15.8. The van der Waals surface area contributed by atoms with E-state index in [1.807, 2.05) is 0 Å². The molecule has 0 amide bonds. The lowest BCUT2D eigenvalue weighted by Crippen LogP contribution is -2.30. The van der Waals surface area contributed by atoms with Gasteiger partial charge in [-0.2, -0.15) is 0 Å². The molecule has 0 spiro atoms. The van der Waals surface area contributed by atoms with E-state index >= 15 is 0 Å². The van der Waals surface area contributed by atoms with Crippen LogP contribution in [0.25, 0.3) is 0 Å². The van der Waals surface area contributed by atoms with Gasteiger partial charge in [-0.25, -0.2) is 0 Å². The summed E-state index contributed by atoms with van der Waals surface area (Å²) >= 11 is 0. The quantitative estimate of drug-likeness (QED) is 0.0264. The van der Waals surface area contributed by atoms with E-state index in [-0.39, 0.29) is 31.1 Å². The predicted molar refractivity (Wildman–Crippen MR) is 238 cm³/mol. The number of unbranched alkanes of at least 4 members (excludes halogenated alkanes) is 32. The summed E-state index contributed by atoms with van der Waals surface area (Å²) in [6.45, 7) is 6.63. The minimum Gasteiger partial charge on any atom is -0.462 e. The number of esters is 3. The Bertz CT molecular complexity index is 870. The number of carbonyl (C=O) groups excluding carboxylic acids is 3. The van der Waals surface area contributed by atoms with E-state index in [1.165, 1.54) is 167 Å². The highest BCUT2D eigenvalue weighted by atomic mass is 16.6. The first-order chi connectivity index (χ1) is 27.5. The minimum atomic E-state index is -0.766. The third-order valence-electron chi connectivity index (χ3n) is 11.0. The molecule has 330 valence electrons. The van der Waals surface area contributed by atoms with Crippen LogP contribution in [0.4, 0.5) is 0 Å². The molecular formula is C50H94O6. The average Bonchev–Trinajstić information content (AvgIpc) is 3.19. The van der Waals surface area contributed by atoms with Crippen molar-refractivity contribution in [3.8, 4) is 0 Å². The van der Waals surface area contributed by atoms with Crippen LogP contribution < -0.4 is 0 Å². The van der Waals surface area contributed by atoms with E-state index in [4.69, 9.17) is 14.2 Å². The monoisotopic (exact) mass is 791 g/mol. The topological polar surface area (TPSA) is 78.9 Å². The van der Waals surface area contributed by atoms with Gasteiger partial charge in [0.15, 0.2) is 6.10 Å². The van der Waals surface area contributed by atoms with E-state index in [0.717, 1.165) is 64.2 Å². The number of rotatable bonds is 45. The van der Waals surface area contributed by atoms with Crippen LogP contribution in [0.2, 0.25) is 0 Å². The fraction of sp³-hybridized carbons (Fsp3) is 0.900. The summed E-state index contributed by atoms with van der Waals surface area (Å²) in [6.07, 6.45) is 49.0. The number of hydrogen-bond acceptors (Lipinski definition) is 6. The van der Waals surface area contributed by atoms with Crippen LogP contribution in [0.15, 0.2) is 12.2 Å². The first-order valence-electron chi connectivity index (χ1n) is 24.7. The van der Waals surface area contributed by atoms with Gasteiger partial charge in [0.25, 0.3) is 0 Å². The summed E-state index contributed by atoms with van der Waals surface area (Å²) in [5.74, 6) is -0.864. The van der Waals surface area contributed by atoms with Crippen molar-refractivity contribution in [2.45, 2.75) is 277 Å². The fourth-order valence-electron chi connectivity index (χ4n) is 7.26. The summed E-state index contributed by atoms with van der Waals surface area (Å²) in [6, 6.07) is 0. The van der Waals surface area contributed by atoms with E-state index in [1.54, 1.807) is 0 Å². The molecule has 6 heteroatoms. The van der Waals surface area contributed by atoms with Crippen LogP contribution in [0, 0.1) is 0 Å². The van der Waals surface area contributed by atoms with Gasteiger partial charge in [-0.15, -0.1) is 0 Å². The second kappa shape index (κ2) is 45.8. The SMILES string of the molecule is CCCCCCC=CCCCCCCCC(=O)OC(COC(=O)CCCCCCCCCCCCCC)COC(=O)CCCCCCCCCCCCCCC. The highest BCUT2D eigenvalue weighted by Gasteiger charge is 2.19. The molecule has 0 aliphatic rings. The van der Waals surface area contributed by atoms with Gasteiger partial charge in [-0.3, -0.25) is 14.4 Å². The van der Waals surface area contributed by atoms with Gasteiger partial charge in [-0.05, 0) is 44.9 Å². The van der Waals surface area contributed by atoms with Gasteiger partial charge < -0.3 is 14.2 Å². The van der Waals surface area contributed by atoms with Gasteiger partial charge in [-0.1, -0.05) is 219 Å². The van der Waals surface area contributed by atoms with Crippen LogP contribution in [-0.2, 0) is 28.6 Å². The molecule has 0 bridgehead atoms. The highest BCUT2D eigenvalue weighted by Crippen LogP contribution is 2.16. The Morgan fingerprint density at radius 2 is 0.589 bits per heavy atom. The summed E-state index contributed by atoms with van der Waals surface area (Å²) in [7, 11) is 0. The molecule has 0 heterocycles. The van der Waals surface area contributed by atoms with E-state index < -0.39 is 6.10 Å². The molecule has 0 rings (SSSR count). The van der Waals surface area contributed by atoms with Crippen molar-refractivity contribution in [3.63, 3.8) is 0 Å². The second-order valence-corrected chi connectivity index (χ2v) is 16.7. The third-order valence-corrected chi connectivity index (χ3v) is 11.0. The summed E-state index contributed by atoms with van der Waals surface area (Å²) in [5.41, 5.74) is 0. The zero-order valence-corrected chi connectivity index (χ0v) is 37.7. The minimum absolute atomic E-state index is 0.0684. The van der Waals surface area contributed by atoms with Crippen molar-refractivity contribution >= 4 is 17.9 Å². The van der Waals surface area contributed by atoms with Crippen LogP contribution in [0.3, 0.4) is 0 Å². The molecule has 0 aliphatic heterocycles. The number of carbonyl (C=O) groups is 3. The fourth-order valence-corrected chi connectivity index (χ4v) is 7.26. The van der Waals surface area contributed by atoms with Gasteiger partial charge in [0.2, 0.25) is 0 Å². The van der Waals surface area contributed by atoms with Crippen molar-refractivity contribution in [2.24, 2.45) is 0 Å². The third kappa shape index (κ3) is 43.3. The smallest absolute Gasteiger partial charge is 0.306 e. The Kier molecular flexibility index (Phi) is 44.3. The number of allylic oxidation sites excluding steroid dienone is 2. The zero-order valence-electron chi connectivity index (χ0n) is 37.7. The van der Waals surface area contributed by atoms with Crippen molar-refractivity contribution in [1.82, 2.24) is 0 Å². The Morgan fingerprint density at radius 1 is 0.339 bits per heavy atom. The normalized spacial score (nSPS) is 12.0. The molecular weight excluding hydrogens is 697 g/mol. The molecule has 0 aliphatic carbocycles. The van der Waals surface area contributed by atoms with Gasteiger partial charge >= 0.3 is 17.9 Å². The summed E-state index contributed by atoms with van der Waals surface area (Å²) < 4.78 is 16.8. The van der Waals surface area contributed by atoms with Crippen LogP contribution >= 0.6 is 0 Å². The Hall–Kier alpha value is -1.85. The molecule has 0 fully saturated rings. The van der Waals surface area contributed by atoms with Crippen LogP contribution in [-0.4, -0.2) is 37.2 Å². The molecule has 6 nitrogen and oxygen atoms in total. The Labute approximate surface area is 348 Å². The van der Waals surface area contributed by atoms with E-state index in [0.29, 0.717) is 19.3 Å². The Balaban J connectivity index is 4.34. The number of hydrogen-bond donors (Lipinski definition) is 0. The van der Waals surface area contributed by atoms with Crippen LogP contribution in [0.1, 0.15) is 271 Å². The highest BCUT2D eigenvalue weighted by molar-refractivity contribution is 5.71. The van der Waals surface area contributed by atoms with Crippen LogP contribution in [0.5, 0.6) is 0 Å². The molecule has 0 radical (unpaired) electrons. The maximum atomic E-state index is 12.7. The summed E-state index contributed by atoms with van der Waals surface area (Å²) in [5, 5.41) is 0. The van der Waals surface area contributed by atoms with Crippen molar-refractivity contribution in [3.05, 3.63) is 12.2 Å². The largest absolute Gasteiger partial charge is 0.462 e. The molecule has 1 atom stereocenters. The zero-order chi connectivity index (χ0) is 40.8. The molecule has 0 N–H and O–H groups in total. The number of ether oxygens (including phenoxy) is 3. The van der Waals surface area contributed by atoms with Gasteiger partial charge in [0.05, 0.1) is 0 Å². The lowest BCUT2D eigenvalue weighted by atomic mass is 10.0. The molecule has 0 saturated heterocycles. The summed E-state index contributed by atoms with van der Waals surface area (Å²) in [4.78, 5) is 37.8. The molecule has 0 aromatic heterocycles. The standard InChI is InChI=1S/C50H94O6/c1-4-7-10-13-16-19-22-25-28-31-34-37-40-43-49(52)55-46-47(45-54-48(51)42-39-36-33-30-27-24-21-18-15-12-9-6-3)56-50(53)44-41-38-35-32-29-26-23-20-17-14-11-8-5-2/h20,23,47H,4-19,21-22,24-46H2,1-3H3. The lowest BCUT2D eigenvalue weighted by Gasteiger charge is -2.18. The van der Waals surface area contributed by atoms with Crippen molar-refractivity contribution in [2.75, 3.05) is 13.2 Å². The maximum Gasteiger partial charge on any atom is 0.306 e. The molecule has 56 heavy (non-hydrogen) atoms. The van der Waals surface area contributed by atoms with Gasteiger partial charge in [0, 0.05) is 19.3 Å². The van der Waals surface area contributed by atoms with E-state index in [2.05, 4.69) is 32.9 Å². The Morgan fingerprint density at radius 3 is 0.911 bits per heavy atom. The first-order valence-corrected chi connectivity index (χ1v) is 24.7. The molecule has 1 unspecified atom stereocenters. The first kappa shape index (κ1) is 54.2. The lowest BCUT2D eigenvalue weighted by molar-refractivity contribution is -0.167. The average molecular weight is 791 g/mol. The van der Waals surface area contributed by atoms with E-state index in [9.17, 15) is 14.4 Å². The molecule has 0 aromatic carbocycles. The second-order valence-electron chi connectivity index (χ2n) is 16.7. The van der Waals surface area contributed by atoms with Crippen molar-refractivity contribution < 1.29 is 28.6 Å². The van der Waals surface area contributed by atoms with Gasteiger partial charge in [0.1, 0.15) is 13.2 Å². The maximum absolute atomic E-state index is 12.7. The molecule has 0 saturated carbocycles. The molecule has 0 aromatic rings. The van der Waals surface area contributed by atoms with Crippen molar-refractivity contribution in [1.29, 1.82) is 0 Å².